The molecule has 2 fully saturated rings. The SMILES string of the molecule is CC(=O)N[C@H]1[C@@H](OP(=O)(O)OP(=O)(O)OCCC(C)CC/C=C(\C)CC/C=C(\C)CC/C=C(\C)CC/C=C(\C)CC/C=C(\C)CC/C=C(\C)CC/C=C(\C)CC/C=C(\C)CC/C=C(\C)CC/C=C(\C)CC/C=C(\C)CC/C=C(\C)CC/C=C(\C)CC/C=C(\C)CC/C=C(\C)CC/C=C(\C)CCC=C(C)C)O[C@H](CO)[C@@H](O[C@@H]2O[C@H](CO)[C@@H](O)[C@H](O)[C@H]2NC(C)=O)[C@@H]1O. The number of hydrogen-bond acceptors (Lipinski definition) is 15. The highest BCUT2D eigenvalue weighted by Gasteiger charge is 2.54. The summed E-state index contributed by atoms with van der Waals surface area (Å²) in [6.45, 7) is 42.7. The Balaban J connectivity index is 1.60. The third-order valence-electron chi connectivity index (χ3n) is 23.8. The highest BCUT2D eigenvalue weighted by atomic mass is 31.3. The molecule has 0 radical (unpaired) electrons. The monoisotopic (exact) mass is 1810 g/mol. The van der Waals surface area contributed by atoms with Crippen LogP contribution in [0.1, 0.15) is 370 Å². The number of rotatable bonds is 65. The number of nitrogens with one attached hydrogen (secondary N) is 2. The summed E-state index contributed by atoms with van der Waals surface area (Å²) in [6, 6.07) is -3.26. The van der Waals surface area contributed by atoms with Crippen LogP contribution in [-0.2, 0) is 46.3 Å². The lowest BCUT2D eigenvalue weighted by Crippen LogP contribution is -2.69. The van der Waals surface area contributed by atoms with Crippen LogP contribution in [0.2, 0.25) is 0 Å². The number of carbonyl (C=O) groups excluding carboxylic acids is 2. The molecule has 0 aromatic carbocycles. The van der Waals surface area contributed by atoms with Crippen molar-refractivity contribution in [3.63, 3.8) is 0 Å². The Hall–Kier alpha value is -5.54. The Morgan fingerprint density at radius 3 is 0.803 bits per heavy atom. The highest BCUT2D eigenvalue weighted by molar-refractivity contribution is 7.61. The quantitative estimate of drug-likeness (QED) is 0.0202. The van der Waals surface area contributed by atoms with E-state index < -0.39 is 102 Å². The van der Waals surface area contributed by atoms with Crippen LogP contribution in [0.25, 0.3) is 0 Å². The molecule has 0 aliphatic carbocycles. The predicted octanol–water partition coefficient (Wildman–Crippen LogP) is 26.5. The summed E-state index contributed by atoms with van der Waals surface area (Å²) in [4.78, 5) is 45.3. The van der Waals surface area contributed by atoms with Crippen LogP contribution in [0, 0.1) is 5.92 Å². The molecular weight excluding hydrogens is 1640 g/mol. The lowest BCUT2D eigenvalue weighted by atomic mass is 9.94. The number of phosphoric ester groups is 2. The number of ether oxygens (including phenoxy) is 3. The second-order valence-corrected chi connectivity index (χ2v) is 40.1. The minimum absolute atomic E-state index is 0.0315. The average molecular weight is 1810 g/mol. The van der Waals surface area contributed by atoms with Gasteiger partial charge in [-0.05, 0) is 355 Å². The van der Waals surface area contributed by atoms with E-state index >= 15 is 0 Å². The van der Waals surface area contributed by atoms with Gasteiger partial charge in [0.1, 0.15) is 48.7 Å². The molecule has 9 N–H and O–H groups in total. The van der Waals surface area contributed by atoms with Crippen molar-refractivity contribution in [3.8, 4) is 0 Å². The lowest BCUT2D eigenvalue weighted by molar-refractivity contribution is -0.325. The third kappa shape index (κ3) is 58.2. The maximum absolute atomic E-state index is 13.2. The van der Waals surface area contributed by atoms with Crippen molar-refractivity contribution >= 4 is 27.5 Å². The first-order valence-corrected chi connectivity index (χ1v) is 50.7. The number of phosphoric acid groups is 2. The van der Waals surface area contributed by atoms with Gasteiger partial charge in [-0.25, -0.2) is 9.13 Å². The highest BCUT2D eigenvalue weighted by Crippen LogP contribution is 2.61. The molecule has 2 aliphatic heterocycles. The van der Waals surface area contributed by atoms with Crippen molar-refractivity contribution < 1.29 is 81.6 Å². The largest absolute Gasteiger partial charge is 0.483 e. The van der Waals surface area contributed by atoms with Crippen molar-refractivity contribution in [2.45, 2.75) is 431 Å². The van der Waals surface area contributed by atoms with Crippen LogP contribution >= 0.6 is 15.6 Å². The number of aliphatic hydroxyl groups is 5. The third-order valence-corrected chi connectivity index (χ3v) is 26.4. The van der Waals surface area contributed by atoms with Crippen molar-refractivity contribution in [2.24, 2.45) is 5.92 Å². The second-order valence-electron chi connectivity index (χ2n) is 37.1. The minimum atomic E-state index is -5.62. The summed E-state index contributed by atoms with van der Waals surface area (Å²) in [5, 5.41) is 57.2. The van der Waals surface area contributed by atoms with Crippen LogP contribution in [0.3, 0.4) is 0 Å². The smallest absolute Gasteiger partial charge is 0.394 e. The molecular formula is C106H176N2O17P2. The Morgan fingerprint density at radius 1 is 0.323 bits per heavy atom. The van der Waals surface area contributed by atoms with Gasteiger partial charge < -0.3 is 60.2 Å². The van der Waals surface area contributed by atoms with E-state index in [-0.39, 0.29) is 12.5 Å². The number of carbonyl (C=O) groups is 2. The van der Waals surface area contributed by atoms with Gasteiger partial charge in [0, 0.05) is 13.8 Å². The number of amides is 2. The van der Waals surface area contributed by atoms with Crippen LogP contribution < -0.4 is 10.6 Å². The molecule has 0 bridgehead atoms. The fourth-order valence-corrected chi connectivity index (χ4v) is 17.5. The first kappa shape index (κ1) is 118. The van der Waals surface area contributed by atoms with E-state index in [0.717, 1.165) is 219 Å². The van der Waals surface area contributed by atoms with Crippen molar-refractivity contribution in [3.05, 3.63) is 198 Å². The van der Waals surface area contributed by atoms with Gasteiger partial charge in [0.05, 0.1) is 19.8 Å². The van der Waals surface area contributed by atoms with Crippen LogP contribution in [0.15, 0.2) is 198 Å². The topological polar surface area (TPSA) is 289 Å². The molecule has 0 aromatic rings. The Kier molecular flexibility index (Phi) is 62.6. The molecule has 2 heterocycles. The molecule has 2 saturated heterocycles. The molecule has 2 aliphatic rings. The molecule has 2 amide bonds. The maximum atomic E-state index is 13.2. The van der Waals surface area contributed by atoms with Gasteiger partial charge in [0.15, 0.2) is 12.6 Å². The van der Waals surface area contributed by atoms with Gasteiger partial charge in [0.2, 0.25) is 11.8 Å². The van der Waals surface area contributed by atoms with E-state index in [1.807, 2.05) is 6.92 Å². The first-order valence-electron chi connectivity index (χ1n) is 47.7. The average Bonchev–Trinajstić information content (AvgIpc) is 0.772. The summed E-state index contributed by atoms with van der Waals surface area (Å²) in [5.74, 6) is -1.46. The molecule has 13 atom stereocenters. The predicted molar refractivity (Wildman–Crippen MR) is 528 cm³/mol. The number of allylic oxidation sites excluding steroid dienone is 34. The molecule has 2 rings (SSSR count). The van der Waals surface area contributed by atoms with Crippen LogP contribution in [0.4, 0.5) is 0 Å². The van der Waals surface area contributed by atoms with Crippen molar-refractivity contribution in [2.75, 3.05) is 19.8 Å². The summed E-state index contributed by atoms with van der Waals surface area (Å²) >= 11 is 0. The van der Waals surface area contributed by atoms with Gasteiger partial charge in [0.25, 0.3) is 0 Å². The molecule has 21 heteroatoms. The van der Waals surface area contributed by atoms with E-state index in [0.29, 0.717) is 6.42 Å². The lowest BCUT2D eigenvalue weighted by Gasteiger charge is -2.48. The van der Waals surface area contributed by atoms with E-state index in [1.165, 1.54) is 108 Å². The summed E-state index contributed by atoms with van der Waals surface area (Å²) in [6.07, 6.45) is 64.5. The normalized spacial score (nSPS) is 22.7. The second kappa shape index (κ2) is 67.6. The van der Waals surface area contributed by atoms with Gasteiger partial charge in [-0.15, -0.1) is 0 Å². The minimum Gasteiger partial charge on any atom is -0.394 e. The standard InChI is InChI=1S/C106H176N2O17P2/c1-77(2)39-22-40-78(3)41-23-42-79(4)43-24-44-80(5)45-25-46-81(6)47-26-48-82(7)49-27-50-83(8)51-28-52-84(9)53-29-54-85(10)55-30-56-86(11)57-31-58-87(12)59-32-60-88(13)61-33-62-89(14)63-34-64-90(15)65-35-66-91(16)67-36-68-92(17)69-37-70-93(18)71-38-72-94(19)73-74-120-126(116,117)125-127(118,119)124-106-100(108-96(21)112)103(115)104(98(76-110)122-106)123-105-99(107-95(20)111)102(114)101(113)97(75-109)121-105/h39,41,43,45,47,49,51,53,55,57,59,61,63,65,67,69,71,94,97-106,109-110,113-115H,22-38,40,42,44,46,48,50,52,54,56,58,60,62,64,66,68,70,72-76H2,1-21H3,(H,107,111)(H,108,112)(H,116,117)(H,118,119)/b78-41+,79-43+,80-45+,81-47+,82-49+,83-51+,84-53+,85-55+,86-57+,87-59+,88-61+,89-63+,90-65+,91-67+,92-69+,93-71+/t94?,97-,98-,99-,100-,101-,102-,103-,104-,105+,106-/m1/s1. The Bertz CT molecular complexity index is 3900. The van der Waals surface area contributed by atoms with Crippen LogP contribution in [-0.4, -0.2) is 128 Å². The molecule has 3 unspecified atom stereocenters. The van der Waals surface area contributed by atoms with Gasteiger partial charge in [-0.1, -0.05) is 205 Å². The zero-order valence-corrected chi connectivity index (χ0v) is 84.4. The fraction of sp³-hybridized carbons (Fsp3) is 0.660. The van der Waals surface area contributed by atoms with Gasteiger partial charge in [-0.2, -0.15) is 4.31 Å². The fourth-order valence-electron chi connectivity index (χ4n) is 15.3. The molecule has 19 nitrogen and oxygen atoms in total. The zero-order chi connectivity index (χ0) is 94.9. The van der Waals surface area contributed by atoms with Crippen molar-refractivity contribution in [1.82, 2.24) is 10.6 Å². The Morgan fingerprint density at radius 2 is 0.559 bits per heavy atom. The van der Waals surface area contributed by atoms with Gasteiger partial charge >= 0.3 is 15.6 Å². The zero-order valence-electron chi connectivity index (χ0n) is 82.6. The molecule has 0 saturated carbocycles. The summed E-state index contributed by atoms with van der Waals surface area (Å²) < 4.78 is 57.8. The molecule has 0 aromatic heterocycles. The number of hydrogen-bond donors (Lipinski definition) is 9. The van der Waals surface area contributed by atoms with E-state index in [2.05, 4.69) is 243 Å². The number of aliphatic hydroxyl groups excluding tert-OH is 5. The van der Waals surface area contributed by atoms with Gasteiger partial charge in [-0.3, -0.25) is 18.6 Å². The summed E-state index contributed by atoms with van der Waals surface area (Å²) in [5.41, 5.74) is 25.0. The maximum Gasteiger partial charge on any atom is 0.483 e. The van der Waals surface area contributed by atoms with E-state index in [9.17, 15) is 54.0 Å². The van der Waals surface area contributed by atoms with E-state index in [1.54, 1.807) is 0 Å². The van der Waals surface area contributed by atoms with Crippen LogP contribution in [0.5, 0.6) is 0 Å². The van der Waals surface area contributed by atoms with E-state index in [4.69, 9.17) is 23.3 Å². The van der Waals surface area contributed by atoms with Crippen molar-refractivity contribution in [1.29, 1.82) is 0 Å². The Labute approximate surface area is 770 Å². The molecule has 127 heavy (non-hydrogen) atoms. The first-order chi connectivity index (χ1) is 60.1. The summed E-state index contributed by atoms with van der Waals surface area (Å²) in [7, 11) is -10.9. The molecule has 722 valence electrons. The molecule has 0 spiro atoms.